The maximum Gasteiger partial charge on any atom is 0.257 e. The number of nitrogens with zero attached hydrogens (tertiary/aromatic N) is 1. The van der Waals surface area contributed by atoms with Gasteiger partial charge in [-0.3, -0.25) is 15.6 Å². The third-order valence-electron chi connectivity index (χ3n) is 3.96. The first-order valence-corrected chi connectivity index (χ1v) is 8.47. The summed E-state index contributed by atoms with van der Waals surface area (Å²) < 4.78 is 12.9. The molecular formula is C18H19FN4OS. The number of fused-ring (bicyclic) bond motifs is 1. The van der Waals surface area contributed by atoms with Crippen LogP contribution in [-0.4, -0.2) is 24.1 Å². The predicted molar refractivity (Wildman–Crippen MR) is 101 cm³/mol. The smallest absolute Gasteiger partial charge is 0.257 e. The molecule has 0 aromatic heterocycles. The molecule has 3 N–H and O–H groups in total. The highest BCUT2D eigenvalue weighted by molar-refractivity contribution is 7.80. The highest BCUT2D eigenvalue weighted by Crippen LogP contribution is 2.26. The Kier molecular flexibility index (Phi) is 5.45. The predicted octanol–water partition coefficient (Wildman–Crippen LogP) is 2.60. The molecule has 0 radical (unpaired) electrons. The number of nitrogens with one attached hydrogen (secondary N) is 3. The van der Waals surface area contributed by atoms with Crippen molar-refractivity contribution in [3.63, 3.8) is 0 Å². The largest absolute Gasteiger partial charge is 0.362 e. The standard InChI is InChI=1S/C18H19FN4OS/c19-14-7-9-15(10-8-14)20-18(25)22-21-17(24)12-23-11-3-5-13-4-1-2-6-16(13)23/h1-2,4,6-10H,3,5,11-12H2,(H,21,24)(H2,20,22,25). The molecule has 2 aromatic carbocycles. The van der Waals surface area contributed by atoms with Crippen LogP contribution >= 0.6 is 12.2 Å². The van der Waals surface area contributed by atoms with E-state index in [1.165, 1.54) is 17.7 Å². The van der Waals surface area contributed by atoms with Gasteiger partial charge in [0.1, 0.15) is 5.82 Å². The molecule has 0 bridgehead atoms. The Hall–Kier alpha value is -2.67. The number of carbonyl (C=O) groups is 1. The average molecular weight is 358 g/mol. The second-order valence-electron chi connectivity index (χ2n) is 5.79. The van der Waals surface area contributed by atoms with E-state index in [1.54, 1.807) is 12.1 Å². The lowest BCUT2D eigenvalue weighted by Crippen LogP contribution is -2.48. The second-order valence-corrected chi connectivity index (χ2v) is 6.20. The molecule has 1 heterocycles. The number of halogens is 1. The van der Waals surface area contributed by atoms with Gasteiger partial charge in [-0.2, -0.15) is 0 Å². The maximum absolute atomic E-state index is 12.9. The molecular weight excluding hydrogens is 339 g/mol. The van der Waals surface area contributed by atoms with Crippen molar-refractivity contribution in [2.45, 2.75) is 12.8 Å². The van der Waals surface area contributed by atoms with E-state index in [0.717, 1.165) is 25.1 Å². The van der Waals surface area contributed by atoms with Crippen LogP contribution in [0.5, 0.6) is 0 Å². The summed E-state index contributed by atoms with van der Waals surface area (Å²) in [5.41, 5.74) is 8.25. The Bertz CT molecular complexity index is 766. The van der Waals surface area contributed by atoms with Crippen LogP contribution in [0, 0.1) is 5.82 Å². The fraction of sp³-hybridized carbons (Fsp3) is 0.222. The molecule has 130 valence electrons. The van der Waals surface area contributed by atoms with Crippen molar-refractivity contribution < 1.29 is 9.18 Å². The summed E-state index contributed by atoms with van der Waals surface area (Å²) >= 11 is 5.11. The van der Waals surface area contributed by atoms with Crippen LogP contribution in [0.15, 0.2) is 48.5 Å². The molecule has 7 heteroatoms. The molecule has 0 saturated carbocycles. The van der Waals surface area contributed by atoms with Gasteiger partial charge in [0.15, 0.2) is 5.11 Å². The summed E-state index contributed by atoms with van der Waals surface area (Å²) in [5, 5.41) is 3.10. The van der Waals surface area contributed by atoms with Crippen molar-refractivity contribution in [3.8, 4) is 0 Å². The van der Waals surface area contributed by atoms with Crippen molar-refractivity contribution in [2.24, 2.45) is 0 Å². The van der Waals surface area contributed by atoms with Crippen molar-refractivity contribution in [2.75, 3.05) is 23.3 Å². The van der Waals surface area contributed by atoms with E-state index in [-0.39, 0.29) is 23.4 Å². The van der Waals surface area contributed by atoms with Gasteiger partial charge in [0, 0.05) is 17.9 Å². The van der Waals surface area contributed by atoms with E-state index < -0.39 is 0 Å². The lowest BCUT2D eigenvalue weighted by Gasteiger charge is -2.30. The molecule has 1 amide bonds. The Morgan fingerprint density at radius 3 is 2.68 bits per heavy atom. The zero-order valence-electron chi connectivity index (χ0n) is 13.6. The molecule has 5 nitrogen and oxygen atoms in total. The monoisotopic (exact) mass is 358 g/mol. The number of anilines is 2. The minimum atomic E-state index is -0.320. The van der Waals surface area contributed by atoms with E-state index in [4.69, 9.17) is 12.2 Å². The quantitative estimate of drug-likeness (QED) is 0.582. The second kappa shape index (κ2) is 7.94. The number of hydrogen-bond donors (Lipinski definition) is 3. The fourth-order valence-electron chi connectivity index (χ4n) is 2.81. The van der Waals surface area contributed by atoms with Gasteiger partial charge in [-0.15, -0.1) is 0 Å². The number of benzene rings is 2. The molecule has 0 atom stereocenters. The van der Waals surface area contributed by atoms with Gasteiger partial charge in [0.05, 0.1) is 6.54 Å². The number of aryl methyl sites for hydroxylation is 1. The molecule has 1 aliphatic rings. The van der Waals surface area contributed by atoms with Crippen LogP contribution in [0.2, 0.25) is 0 Å². The molecule has 2 aromatic rings. The lowest BCUT2D eigenvalue weighted by molar-refractivity contribution is -0.120. The first-order valence-electron chi connectivity index (χ1n) is 8.06. The fourth-order valence-corrected chi connectivity index (χ4v) is 2.98. The summed E-state index contributed by atoms with van der Waals surface area (Å²) in [6, 6.07) is 13.9. The number of thiocarbonyl (C=S) groups is 1. The van der Waals surface area contributed by atoms with Gasteiger partial charge in [0.25, 0.3) is 5.91 Å². The summed E-state index contributed by atoms with van der Waals surface area (Å²) in [4.78, 5) is 14.2. The molecule has 0 unspecified atom stereocenters. The van der Waals surface area contributed by atoms with Gasteiger partial charge in [0.2, 0.25) is 0 Å². The topological polar surface area (TPSA) is 56.4 Å². The Morgan fingerprint density at radius 2 is 1.88 bits per heavy atom. The molecule has 0 aliphatic carbocycles. The number of para-hydroxylation sites is 1. The number of hydrogen-bond acceptors (Lipinski definition) is 3. The van der Waals surface area contributed by atoms with Crippen LogP contribution in [0.4, 0.5) is 15.8 Å². The summed E-state index contributed by atoms with van der Waals surface area (Å²) in [6.45, 7) is 1.10. The average Bonchev–Trinajstić information content (AvgIpc) is 2.62. The molecule has 0 spiro atoms. The lowest BCUT2D eigenvalue weighted by atomic mass is 10.0. The van der Waals surface area contributed by atoms with E-state index in [0.29, 0.717) is 5.69 Å². The van der Waals surface area contributed by atoms with Gasteiger partial charge in [-0.25, -0.2) is 4.39 Å². The van der Waals surface area contributed by atoms with Gasteiger partial charge in [-0.1, -0.05) is 18.2 Å². The van der Waals surface area contributed by atoms with Crippen LogP contribution < -0.4 is 21.1 Å². The maximum atomic E-state index is 12.9. The zero-order valence-corrected chi connectivity index (χ0v) is 14.4. The number of rotatable bonds is 3. The van der Waals surface area contributed by atoms with Crippen LogP contribution in [0.1, 0.15) is 12.0 Å². The van der Waals surface area contributed by atoms with Gasteiger partial charge in [-0.05, 0) is 61.0 Å². The van der Waals surface area contributed by atoms with Crippen LogP contribution in [0.25, 0.3) is 0 Å². The minimum Gasteiger partial charge on any atom is -0.362 e. The Balaban J connectivity index is 1.48. The van der Waals surface area contributed by atoms with Crippen LogP contribution in [-0.2, 0) is 11.2 Å². The zero-order chi connectivity index (χ0) is 17.6. The van der Waals surface area contributed by atoms with E-state index >= 15 is 0 Å². The summed E-state index contributed by atoms with van der Waals surface area (Å²) in [5.74, 6) is -0.500. The van der Waals surface area contributed by atoms with E-state index in [1.807, 2.05) is 18.2 Å². The van der Waals surface area contributed by atoms with Crippen LogP contribution in [0.3, 0.4) is 0 Å². The summed E-state index contributed by atoms with van der Waals surface area (Å²) in [7, 11) is 0. The molecule has 0 fully saturated rings. The number of carbonyl (C=O) groups excluding carboxylic acids is 1. The van der Waals surface area contributed by atoms with Crippen molar-refractivity contribution in [1.29, 1.82) is 0 Å². The van der Waals surface area contributed by atoms with Gasteiger partial charge < -0.3 is 10.2 Å². The third kappa shape index (κ3) is 4.67. The number of hydrazine groups is 1. The first kappa shape index (κ1) is 17.2. The highest BCUT2D eigenvalue weighted by Gasteiger charge is 2.18. The normalized spacial score (nSPS) is 12.9. The molecule has 0 saturated heterocycles. The number of amides is 1. The molecule has 1 aliphatic heterocycles. The van der Waals surface area contributed by atoms with Crippen molar-refractivity contribution in [1.82, 2.24) is 10.9 Å². The molecule has 25 heavy (non-hydrogen) atoms. The third-order valence-corrected chi connectivity index (χ3v) is 4.16. The Labute approximate surface area is 151 Å². The minimum absolute atomic E-state index is 0.181. The molecule has 3 rings (SSSR count). The SMILES string of the molecule is O=C(CN1CCCc2ccccc21)NNC(=S)Nc1ccc(F)cc1. The van der Waals surface area contributed by atoms with E-state index in [2.05, 4.69) is 27.1 Å². The highest BCUT2D eigenvalue weighted by atomic mass is 32.1. The van der Waals surface area contributed by atoms with Gasteiger partial charge >= 0.3 is 0 Å². The Morgan fingerprint density at radius 1 is 1.12 bits per heavy atom. The summed E-state index contributed by atoms with van der Waals surface area (Å²) in [6.07, 6.45) is 2.07. The van der Waals surface area contributed by atoms with E-state index in [9.17, 15) is 9.18 Å². The van der Waals surface area contributed by atoms with Crippen molar-refractivity contribution in [3.05, 3.63) is 59.9 Å². The van der Waals surface area contributed by atoms with Crippen molar-refractivity contribution >= 4 is 34.6 Å². The first-order chi connectivity index (χ1) is 12.1.